The molecule has 0 saturated heterocycles. The maximum absolute atomic E-state index is 12.3. The van der Waals surface area contributed by atoms with Crippen LogP contribution in [0.3, 0.4) is 0 Å². The smallest absolute Gasteiger partial charge is 0.310 e. The van der Waals surface area contributed by atoms with Crippen LogP contribution in [0.4, 0.5) is 19.4 Å². The lowest BCUT2D eigenvalue weighted by atomic mass is 10.4. The van der Waals surface area contributed by atoms with Gasteiger partial charge in [-0.15, -0.1) is 0 Å². The van der Waals surface area contributed by atoms with Gasteiger partial charge in [-0.2, -0.15) is 0 Å². The first-order valence-corrected chi connectivity index (χ1v) is 5.63. The van der Waals surface area contributed by atoms with Crippen molar-refractivity contribution in [3.63, 3.8) is 0 Å². The molecule has 0 aliphatic heterocycles. The highest BCUT2D eigenvalue weighted by Gasteiger charge is 2.66. The molecule has 0 aromatic carbocycles. The predicted molar refractivity (Wildman–Crippen MR) is 52.7 cm³/mol. The van der Waals surface area contributed by atoms with E-state index in [1.165, 1.54) is 7.05 Å². The molecular weight excluding hydrogens is 239 g/mol. The fourth-order valence-corrected chi connectivity index (χ4v) is 1.32. The topological polar surface area (TPSA) is 38.0 Å². The van der Waals surface area contributed by atoms with E-state index < -0.39 is 15.1 Å². The van der Waals surface area contributed by atoms with Gasteiger partial charge in [-0.1, -0.05) is 19.4 Å². The second kappa shape index (κ2) is 3.44. The zero-order chi connectivity index (χ0) is 12.2. The van der Waals surface area contributed by atoms with Crippen molar-refractivity contribution in [2.75, 3.05) is 7.05 Å². The minimum Gasteiger partial charge on any atom is -0.405 e. The van der Waals surface area contributed by atoms with Gasteiger partial charge in [0, 0.05) is 7.05 Å². The highest BCUT2D eigenvalue weighted by atomic mass is 32.5. The summed E-state index contributed by atoms with van der Waals surface area (Å²) in [6.07, 6.45) is 2.68. The SMILES string of the molecule is CN/C=C/C=C(\C=C\N)S(F)(F)(F)(F)F. The van der Waals surface area contributed by atoms with Crippen LogP contribution in [0, 0.1) is 0 Å². The summed E-state index contributed by atoms with van der Waals surface area (Å²) < 4.78 is 61.3. The van der Waals surface area contributed by atoms with Crippen molar-refractivity contribution >= 4 is 10.2 Å². The van der Waals surface area contributed by atoms with Gasteiger partial charge in [0.2, 0.25) is 0 Å². The third-order valence-electron chi connectivity index (χ3n) is 1.23. The second-order valence-corrected chi connectivity index (χ2v) is 4.95. The molecule has 0 aromatic rings. The number of nitrogens with one attached hydrogen (secondary N) is 1. The van der Waals surface area contributed by atoms with Crippen molar-refractivity contribution in [1.82, 2.24) is 5.32 Å². The maximum atomic E-state index is 12.3. The molecule has 0 atom stereocenters. The molecule has 0 spiro atoms. The second-order valence-electron chi connectivity index (χ2n) is 2.54. The van der Waals surface area contributed by atoms with Crippen molar-refractivity contribution in [2.45, 2.75) is 0 Å². The van der Waals surface area contributed by atoms with E-state index in [2.05, 4.69) is 11.1 Å². The monoisotopic (exact) mass is 250 g/mol. The van der Waals surface area contributed by atoms with Crippen molar-refractivity contribution in [3.8, 4) is 0 Å². The lowest BCUT2D eigenvalue weighted by Crippen LogP contribution is -2.07. The Kier molecular flexibility index (Phi) is 3.17. The first-order chi connectivity index (χ1) is 6.51. The predicted octanol–water partition coefficient (Wildman–Crippen LogP) is 3.37. The minimum atomic E-state index is -9.64. The zero-order valence-electron chi connectivity index (χ0n) is 7.76. The number of hydrogen-bond donors (Lipinski definition) is 2. The van der Waals surface area contributed by atoms with Crippen LogP contribution in [0.5, 0.6) is 0 Å². The number of nitrogens with two attached hydrogens (primary N) is 1. The quantitative estimate of drug-likeness (QED) is 0.593. The number of hydrogen-bond acceptors (Lipinski definition) is 2. The number of allylic oxidation sites excluding steroid dienone is 3. The molecule has 0 aliphatic carbocycles. The summed E-state index contributed by atoms with van der Waals surface area (Å²) in [7, 11) is -8.22. The summed E-state index contributed by atoms with van der Waals surface area (Å²) in [5, 5.41) is 2.36. The normalized spacial score (nSPS) is 19.2. The standard InChI is InChI=1S/C7H11F5N2S/c1-14-6-2-3-7(4-5-13)15(8,9,10,11)12/h2-6,14H,13H2,1H3/b5-4+,6-2+,7-3+. The van der Waals surface area contributed by atoms with Gasteiger partial charge in [0.15, 0.2) is 0 Å². The lowest BCUT2D eigenvalue weighted by Gasteiger charge is -2.41. The molecule has 2 nitrogen and oxygen atoms in total. The van der Waals surface area contributed by atoms with Crippen molar-refractivity contribution in [2.24, 2.45) is 5.73 Å². The van der Waals surface area contributed by atoms with Gasteiger partial charge < -0.3 is 11.1 Å². The molecule has 8 heteroatoms. The van der Waals surface area contributed by atoms with Crippen LogP contribution in [-0.4, -0.2) is 7.05 Å². The Hall–Kier alpha value is -1.18. The summed E-state index contributed by atoms with van der Waals surface area (Å²) in [6, 6.07) is 0. The molecule has 0 unspecified atom stereocenters. The van der Waals surface area contributed by atoms with E-state index in [0.29, 0.717) is 6.20 Å². The van der Waals surface area contributed by atoms with Gasteiger partial charge in [0.05, 0.1) is 0 Å². The largest absolute Gasteiger partial charge is 0.405 e. The molecule has 15 heavy (non-hydrogen) atoms. The van der Waals surface area contributed by atoms with Crippen molar-refractivity contribution in [1.29, 1.82) is 0 Å². The van der Waals surface area contributed by atoms with Gasteiger partial charge in [-0.25, -0.2) is 0 Å². The van der Waals surface area contributed by atoms with Gasteiger partial charge in [0.25, 0.3) is 0 Å². The summed E-state index contributed by atoms with van der Waals surface area (Å²) in [5.74, 6) is 0. The molecule has 90 valence electrons. The number of halogens is 5. The summed E-state index contributed by atoms with van der Waals surface area (Å²) in [4.78, 5) is -2.04. The fraction of sp³-hybridized carbons (Fsp3) is 0.143. The van der Waals surface area contributed by atoms with E-state index >= 15 is 0 Å². The molecule has 0 radical (unpaired) electrons. The molecule has 0 amide bonds. The average Bonchev–Trinajstić information content (AvgIpc) is 1.99. The van der Waals surface area contributed by atoms with Crippen molar-refractivity contribution < 1.29 is 19.4 Å². The first kappa shape index (κ1) is 13.8. The fourth-order valence-electron chi connectivity index (χ4n) is 0.647. The lowest BCUT2D eigenvalue weighted by molar-refractivity contribution is 0.380. The van der Waals surface area contributed by atoms with Crippen LogP contribution in [-0.2, 0) is 0 Å². The van der Waals surface area contributed by atoms with E-state index in [1.807, 2.05) is 0 Å². The van der Waals surface area contributed by atoms with Gasteiger partial charge in [-0.05, 0) is 30.6 Å². The summed E-state index contributed by atoms with van der Waals surface area (Å²) >= 11 is 0. The Morgan fingerprint density at radius 2 is 1.73 bits per heavy atom. The Morgan fingerprint density at radius 3 is 2.07 bits per heavy atom. The Morgan fingerprint density at radius 1 is 1.20 bits per heavy atom. The third-order valence-corrected chi connectivity index (χ3v) is 2.39. The molecule has 0 bridgehead atoms. The maximum Gasteiger partial charge on any atom is 0.310 e. The Balaban J connectivity index is 5.38. The third kappa shape index (κ3) is 5.31. The van der Waals surface area contributed by atoms with E-state index in [9.17, 15) is 19.4 Å². The molecule has 3 N–H and O–H groups in total. The Bertz CT molecular complexity index is 312. The summed E-state index contributed by atoms with van der Waals surface area (Å²) in [6.45, 7) is 0. The van der Waals surface area contributed by atoms with Crippen LogP contribution < -0.4 is 11.1 Å². The van der Waals surface area contributed by atoms with Gasteiger partial charge in [-0.3, -0.25) is 0 Å². The Labute approximate surface area is 84.1 Å². The minimum absolute atomic E-state index is 0.127. The van der Waals surface area contributed by atoms with E-state index in [0.717, 1.165) is 12.3 Å². The van der Waals surface area contributed by atoms with Crippen LogP contribution in [0.2, 0.25) is 0 Å². The van der Waals surface area contributed by atoms with Crippen LogP contribution in [0.15, 0.2) is 35.5 Å². The molecular formula is C7H11F5N2S. The van der Waals surface area contributed by atoms with E-state index in [1.54, 1.807) is 0 Å². The van der Waals surface area contributed by atoms with Crippen LogP contribution in [0.25, 0.3) is 0 Å². The molecule has 0 fully saturated rings. The van der Waals surface area contributed by atoms with Crippen LogP contribution >= 0.6 is 10.2 Å². The first-order valence-electron chi connectivity index (χ1n) is 3.67. The average molecular weight is 250 g/mol. The molecule has 0 aromatic heterocycles. The molecule has 0 saturated carbocycles. The van der Waals surface area contributed by atoms with E-state index in [-0.39, 0.29) is 12.2 Å². The number of rotatable bonds is 4. The zero-order valence-corrected chi connectivity index (χ0v) is 8.58. The van der Waals surface area contributed by atoms with Crippen LogP contribution in [0.1, 0.15) is 0 Å². The molecule has 0 rings (SSSR count). The van der Waals surface area contributed by atoms with Gasteiger partial charge >= 0.3 is 10.2 Å². The highest BCUT2D eigenvalue weighted by Crippen LogP contribution is 3.02. The highest BCUT2D eigenvalue weighted by molar-refractivity contribution is 8.48. The van der Waals surface area contributed by atoms with Gasteiger partial charge in [0.1, 0.15) is 4.91 Å². The molecule has 0 heterocycles. The molecule has 0 aliphatic rings. The van der Waals surface area contributed by atoms with E-state index in [4.69, 9.17) is 0 Å². The van der Waals surface area contributed by atoms with Crippen molar-refractivity contribution in [3.05, 3.63) is 35.5 Å². The summed E-state index contributed by atoms with van der Waals surface area (Å²) in [5.41, 5.74) is 4.67.